The van der Waals surface area contributed by atoms with Crippen LogP contribution in [0.15, 0.2) is 29.2 Å². The van der Waals surface area contributed by atoms with E-state index in [1.165, 1.54) is 10.5 Å². The van der Waals surface area contributed by atoms with E-state index in [1.54, 1.807) is 0 Å². The van der Waals surface area contributed by atoms with E-state index in [9.17, 15) is 0 Å². The first-order chi connectivity index (χ1) is 8.17. The number of benzene rings is 1. The van der Waals surface area contributed by atoms with Gasteiger partial charge in [-0.15, -0.1) is 11.8 Å². The van der Waals surface area contributed by atoms with Crippen LogP contribution in [0.5, 0.6) is 0 Å². The van der Waals surface area contributed by atoms with E-state index < -0.39 is 0 Å². The van der Waals surface area contributed by atoms with Crippen molar-refractivity contribution >= 4 is 11.8 Å². The second-order valence-corrected chi connectivity index (χ2v) is 5.64. The molecule has 1 aromatic carbocycles. The minimum Gasteiger partial charge on any atom is -0.396 e. The lowest BCUT2D eigenvalue weighted by Crippen LogP contribution is -2.29. The number of nitrogens with one attached hydrogen (secondary N) is 1. The smallest absolute Gasteiger partial charge is 0.0445 e. The molecule has 2 N–H and O–H groups in total. The Kier molecular flexibility index (Phi) is 6.63. The first-order valence-electron chi connectivity index (χ1n) is 6.27. The van der Waals surface area contributed by atoms with Gasteiger partial charge in [-0.05, 0) is 43.7 Å². The molecular formula is C14H23NOS. The van der Waals surface area contributed by atoms with Crippen molar-refractivity contribution in [3.63, 3.8) is 0 Å². The van der Waals surface area contributed by atoms with Crippen LogP contribution in [-0.2, 0) is 0 Å². The zero-order valence-corrected chi connectivity index (χ0v) is 11.8. The molecule has 0 saturated carbocycles. The van der Waals surface area contributed by atoms with Crippen LogP contribution in [-0.4, -0.2) is 23.5 Å². The summed E-state index contributed by atoms with van der Waals surface area (Å²) in [6.07, 6.45) is 0.800. The van der Waals surface area contributed by atoms with Crippen molar-refractivity contribution in [1.82, 2.24) is 5.32 Å². The Balaban J connectivity index is 2.53. The van der Waals surface area contributed by atoms with Gasteiger partial charge in [0.05, 0.1) is 0 Å². The van der Waals surface area contributed by atoms with E-state index in [1.807, 2.05) is 11.8 Å². The molecule has 0 aliphatic carbocycles. The monoisotopic (exact) mass is 253 g/mol. The molecule has 2 nitrogen and oxygen atoms in total. The molecule has 0 aliphatic rings. The van der Waals surface area contributed by atoms with Gasteiger partial charge >= 0.3 is 0 Å². The van der Waals surface area contributed by atoms with Gasteiger partial charge in [0.1, 0.15) is 0 Å². The third kappa shape index (κ3) is 5.11. The number of rotatable bonds is 7. The lowest BCUT2D eigenvalue weighted by molar-refractivity contribution is 0.264. The van der Waals surface area contributed by atoms with E-state index in [-0.39, 0.29) is 6.61 Å². The molecule has 0 bridgehead atoms. The summed E-state index contributed by atoms with van der Waals surface area (Å²) in [4.78, 5) is 1.33. The minimum absolute atomic E-state index is 0.243. The number of aliphatic hydroxyl groups excluding tert-OH is 1. The van der Waals surface area contributed by atoms with Crippen LogP contribution in [0.4, 0.5) is 0 Å². The van der Waals surface area contributed by atoms with Gasteiger partial charge in [0.25, 0.3) is 0 Å². The zero-order valence-electron chi connectivity index (χ0n) is 10.9. The molecule has 0 heterocycles. The largest absolute Gasteiger partial charge is 0.396 e. The van der Waals surface area contributed by atoms with E-state index in [0.717, 1.165) is 12.2 Å². The highest BCUT2D eigenvalue weighted by Crippen LogP contribution is 2.21. The summed E-state index contributed by atoms with van der Waals surface area (Å²) in [5, 5.41) is 12.4. The predicted molar refractivity (Wildman–Crippen MR) is 75.6 cm³/mol. The average molecular weight is 253 g/mol. The van der Waals surface area contributed by atoms with Crippen molar-refractivity contribution in [2.75, 3.05) is 12.4 Å². The van der Waals surface area contributed by atoms with Gasteiger partial charge < -0.3 is 10.4 Å². The number of thioether (sulfide) groups is 1. The van der Waals surface area contributed by atoms with Crippen molar-refractivity contribution in [3.05, 3.63) is 29.8 Å². The number of hydrogen-bond donors (Lipinski definition) is 2. The molecule has 2 atom stereocenters. The van der Waals surface area contributed by atoms with Gasteiger partial charge in [-0.25, -0.2) is 0 Å². The molecule has 96 valence electrons. The Bertz CT molecular complexity index is 313. The Labute approximate surface area is 109 Å². The van der Waals surface area contributed by atoms with Crippen molar-refractivity contribution in [2.24, 2.45) is 0 Å². The van der Waals surface area contributed by atoms with E-state index in [4.69, 9.17) is 5.11 Å². The molecule has 1 aromatic rings. The quantitative estimate of drug-likeness (QED) is 0.732. The Morgan fingerprint density at radius 3 is 2.41 bits per heavy atom. The maximum Gasteiger partial charge on any atom is 0.0445 e. The fourth-order valence-electron chi connectivity index (χ4n) is 1.82. The van der Waals surface area contributed by atoms with Gasteiger partial charge in [-0.3, -0.25) is 0 Å². The molecule has 0 aromatic heterocycles. The summed E-state index contributed by atoms with van der Waals surface area (Å²) < 4.78 is 0. The Hall–Kier alpha value is -0.510. The van der Waals surface area contributed by atoms with Gasteiger partial charge in [0, 0.05) is 23.6 Å². The zero-order chi connectivity index (χ0) is 12.7. The molecule has 17 heavy (non-hydrogen) atoms. The molecule has 0 fully saturated rings. The van der Waals surface area contributed by atoms with Crippen molar-refractivity contribution in [3.8, 4) is 0 Å². The summed E-state index contributed by atoms with van der Waals surface area (Å²) in [6.45, 7) is 6.68. The molecule has 0 amide bonds. The number of hydrogen-bond acceptors (Lipinski definition) is 3. The lowest BCUT2D eigenvalue weighted by Gasteiger charge is -2.19. The second-order valence-electron chi connectivity index (χ2n) is 4.30. The molecule has 0 saturated heterocycles. The third-order valence-electron chi connectivity index (χ3n) is 2.79. The predicted octanol–water partition coefficient (Wildman–Crippen LogP) is 3.22. The van der Waals surface area contributed by atoms with Gasteiger partial charge in [0.15, 0.2) is 0 Å². The maximum atomic E-state index is 8.87. The van der Waals surface area contributed by atoms with Gasteiger partial charge in [0.2, 0.25) is 0 Å². The minimum atomic E-state index is 0.243. The van der Waals surface area contributed by atoms with E-state index in [2.05, 4.69) is 50.4 Å². The average Bonchev–Trinajstić information content (AvgIpc) is 2.30. The fraction of sp³-hybridized carbons (Fsp3) is 0.571. The standard InChI is InChI=1S/C14H23NOS/c1-4-17-14-7-5-13(6-8-14)12(3)15-11(2)9-10-16/h5-8,11-12,15-16H,4,9-10H2,1-3H3. The molecule has 0 radical (unpaired) electrons. The molecular weight excluding hydrogens is 230 g/mol. The summed E-state index contributed by atoms with van der Waals surface area (Å²) in [6, 6.07) is 9.40. The normalized spacial score (nSPS) is 14.6. The van der Waals surface area contributed by atoms with Crippen LogP contribution in [0.25, 0.3) is 0 Å². The molecule has 3 heteroatoms. The topological polar surface area (TPSA) is 32.3 Å². The van der Waals surface area contributed by atoms with Crippen LogP contribution in [0.2, 0.25) is 0 Å². The van der Waals surface area contributed by atoms with E-state index >= 15 is 0 Å². The fourth-order valence-corrected chi connectivity index (χ4v) is 2.48. The first-order valence-corrected chi connectivity index (χ1v) is 7.25. The highest BCUT2D eigenvalue weighted by atomic mass is 32.2. The molecule has 0 aliphatic heterocycles. The van der Waals surface area contributed by atoms with Crippen LogP contribution in [0.1, 0.15) is 38.8 Å². The van der Waals surface area contributed by atoms with Crippen LogP contribution >= 0.6 is 11.8 Å². The van der Waals surface area contributed by atoms with Crippen LogP contribution in [0.3, 0.4) is 0 Å². The first kappa shape index (κ1) is 14.6. The summed E-state index contributed by atoms with van der Waals surface area (Å²) >= 11 is 1.86. The highest BCUT2D eigenvalue weighted by molar-refractivity contribution is 7.99. The SMILES string of the molecule is CCSc1ccc(C(C)NC(C)CCO)cc1. The highest BCUT2D eigenvalue weighted by Gasteiger charge is 2.08. The van der Waals surface area contributed by atoms with Gasteiger partial charge in [-0.2, -0.15) is 0 Å². The summed E-state index contributed by atoms with van der Waals surface area (Å²) in [5.41, 5.74) is 1.30. The Morgan fingerprint density at radius 2 is 1.88 bits per heavy atom. The second kappa shape index (κ2) is 7.75. The van der Waals surface area contributed by atoms with Crippen molar-refractivity contribution in [1.29, 1.82) is 0 Å². The van der Waals surface area contributed by atoms with Crippen molar-refractivity contribution < 1.29 is 5.11 Å². The lowest BCUT2D eigenvalue weighted by atomic mass is 10.1. The molecule has 2 unspecified atom stereocenters. The third-order valence-corrected chi connectivity index (χ3v) is 3.68. The molecule has 0 spiro atoms. The van der Waals surface area contributed by atoms with Crippen LogP contribution in [0, 0.1) is 0 Å². The number of aliphatic hydroxyl groups is 1. The summed E-state index contributed by atoms with van der Waals surface area (Å²) in [5.74, 6) is 1.11. The Morgan fingerprint density at radius 1 is 1.24 bits per heavy atom. The maximum absolute atomic E-state index is 8.87. The van der Waals surface area contributed by atoms with E-state index in [0.29, 0.717) is 12.1 Å². The molecule has 1 rings (SSSR count). The van der Waals surface area contributed by atoms with Crippen LogP contribution < -0.4 is 5.32 Å². The summed E-state index contributed by atoms with van der Waals surface area (Å²) in [7, 11) is 0. The van der Waals surface area contributed by atoms with Crippen molar-refractivity contribution in [2.45, 2.75) is 44.2 Å². The van der Waals surface area contributed by atoms with Gasteiger partial charge in [-0.1, -0.05) is 19.1 Å².